The molecular weight excluding hydrogens is 376 g/mol. The minimum absolute atomic E-state index is 0.0388. The zero-order valence-corrected chi connectivity index (χ0v) is 17.8. The topological polar surface area (TPSA) is 84.2 Å². The lowest BCUT2D eigenvalue weighted by molar-refractivity contribution is 0.0990. The lowest BCUT2D eigenvalue weighted by atomic mass is 10.1. The molecule has 1 fully saturated rings. The van der Waals surface area contributed by atoms with Gasteiger partial charge in [-0.15, -0.1) is 5.10 Å². The highest BCUT2D eigenvalue weighted by molar-refractivity contribution is 7.90. The first-order chi connectivity index (χ1) is 13.4. The van der Waals surface area contributed by atoms with E-state index >= 15 is 0 Å². The first-order valence-electron chi connectivity index (χ1n) is 9.89. The molecule has 2 aromatic rings. The first kappa shape index (κ1) is 20.9. The molecular formula is C19H30N6O2S. The summed E-state index contributed by atoms with van der Waals surface area (Å²) < 4.78 is 27.2. The Morgan fingerprint density at radius 1 is 1.11 bits per heavy atom. The lowest BCUT2D eigenvalue weighted by Gasteiger charge is -2.37. The maximum absolute atomic E-state index is 12.9. The quantitative estimate of drug-likeness (QED) is 0.662. The number of aromatic nitrogens is 4. The van der Waals surface area contributed by atoms with Gasteiger partial charge in [-0.3, -0.25) is 4.90 Å². The van der Waals surface area contributed by atoms with Crippen molar-refractivity contribution in [1.29, 1.82) is 0 Å². The van der Waals surface area contributed by atoms with Gasteiger partial charge < -0.3 is 4.90 Å². The number of nitrogens with zero attached hydrogens (tertiary/aromatic N) is 6. The van der Waals surface area contributed by atoms with Crippen LogP contribution in [0, 0.1) is 6.92 Å². The molecule has 0 bridgehead atoms. The van der Waals surface area contributed by atoms with E-state index in [1.165, 1.54) is 4.68 Å². The molecule has 1 aromatic heterocycles. The second kappa shape index (κ2) is 9.11. The molecule has 0 aliphatic carbocycles. The summed E-state index contributed by atoms with van der Waals surface area (Å²) in [5.41, 5.74) is 1.02. The summed E-state index contributed by atoms with van der Waals surface area (Å²) in [7, 11) is -1.40. The highest BCUT2D eigenvalue weighted by Crippen LogP contribution is 2.26. The largest absolute Gasteiger partial charge is 0.304 e. The molecule has 1 atom stereocenters. The molecule has 0 unspecified atom stereocenters. The van der Waals surface area contributed by atoms with Crippen LogP contribution in [-0.4, -0.2) is 71.7 Å². The minimum atomic E-state index is -3.52. The molecule has 1 aliphatic rings. The van der Waals surface area contributed by atoms with Crippen molar-refractivity contribution in [3.63, 3.8) is 0 Å². The third kappa shape index (κ3) is 4.95. The zero-order valence-electron chi connectivity index (χ0n) is 17.0. The Morgan fingerprint density at radius 2 is 1.79 bits per heavy atom. The molecule has 3 rings (SSSR count). The van der Waals surface area contributed by atoms with Crippen LogP contribution < -0.4 is 0 Å². The van der Waals surface area contributed by atoms with Crippen molar-refractivity contribution in [2.24, 2.45) is 0 Å². The number of unbranched alkanes of at least 4 members (excludes halogenated alkanes) is 1. The van der Waals surface area contributed by atoms with Crippen molar-refractivity contribution < 1.29 is 8.42 Å². The van der Waals surface area contributed by atoms with Crippen molar-refractivity contribution >= 4 is 9.84 Å². The second-order valence-electron chi connectivity index (χ2n) is 7.59. The molecule has 9 heteroatoms. The number of aryl methyl sites for hydroxylation is 1. The highest BCUT2D eigenvalue weighted by Gasteiger charge is 2.29. The number of tetrazole rings is 1. The van der Waals surface area contributed by atoms with Crippen molar-refractivity contribution in [1.82, 2.24) is 30.0 Å². The van der Waals surface area contributed by atoms with Gasteiger partial charge in [0.2, 0.25) is 0 Å². The molecule has 1 saturated heterocycles. The molecule has 154 valence electrons. The SMILES string of the molecule is CCCC[C@@H](c1nnnn1CS(=O)(=O)c1ccc(C)cc1)N1CCN(C)CC1. The van der Waals surface area contributed by atoms with Crippen LogP contribution in [0.1, 0.15) is 43.6 Å². The number of hydrogen-bond donors (Lipinski definition) is 0. The Balaban J connectivity index is 1.84. The molecule has 28 heavy (non-hydrogen) atoms. The van der Waals surface area contributed by atoms with Gasteiger partial charge >= 0.3 is 0 Å². The average molecular weight is 407 g/mol. The molecule has 1 aliphatic heterocycles. The summed E-state index contributed by atoms with van der Waals surface area (Å²) in [5.74, 6) is 0.406. The maximum atomic E-state index is 12.9. The zero-order chi connectivity index (χ0) is 20.1. The summed E-state index contributed by atoms with van der Waals surface area (Å²) in [6, 6.07) is 6.94. The Labute approximate surface area is 167 Å². The van der Waals surface area contributed by atoms with E-state index in [9.17, 15) is 8.42 Å². The van der Waals surface area contributed by atoms with Gasteiger partial charge in [0.05, 0.1) is 10.9 Å². The van der Waals surface area contributed by atoms with Gasteiger partial charge in [-0.25, -0.2) is 13.1 Å². The predicted molar refractivity (Wildman–Crippen MR) is 108 cm³/mol. The molecule has 8 nitrogen and oxygen atoms in total. The van der Waals surface area contributed by atoms with Gasteiger partial charge in [0.15, 0.2) is 21.5 Å². The number of hydrogen-bond acceptors (Lipinski definition) is 7. The smallest absolute Gasteiger partial charge is 0.198 e. The van der Waals surface area contributed by atoms with Crippen molar-refractivity contribution in [3.05, 3.63) is 35.7 Å². The van der Waals surface area contributed by atoms with Crippen LogP contribution in [0.4, 0.5) is 0 Å². The standard InChI is InChI=1S/C19H30N6O2S/c1-4-5-6-18(24-13-11-23(3)12-14-24)19-20-21-22-25(19)15-28(26,27)17-9-7-16(2)8-10-17/h7-10,18H,4-6,11-15H2,1-3H3/t18-/m0/s1. The van der Waals surface area contributed by atoms with Gasteiger partial charge in [0.1, 0.15) is 0 Å². The van der Waals surface area contributed by atoms with Crippen LogP contribution in [0.5, 0.6) is 0 Å². The third-order valence-electron chi connectivity index (χ3n) is 5.34. The van der Waals surface area contributed by atoms with Crippen LogP contribution in [-0.2, 0) is 15.7 Å². The normalized spacial score (nSPS) is 17.7. The van der Waals surface area contributed by atoms with Crippen LogP contribution in [0.3, 0.4) is 0 Å². The third-order valence-corrected chi connectivity index (χ3v) is 6.91. The summed E-state index contributed by atoms with van der Waals surface area (Å²) in [6.45, 7) is 7.94. The Hall–Kier alpha value is -1.84. The van der Waals surface area contributed by atoms with E-state index in [4.69, 9.17) is 0 Å². The maximum Gasteiger partial charge on any atom is 0.198 e. The summed E-state index contributed by atoms with van der Waals surface area (Å²) in [5, 5.41) is 12.1. The van der Waals surface area contributed by atoms with Crippen LogP contribution >= 0.6 is 0 Å². The van der Waals surface area contributed by atoms with E-state index in [-0.39, 0.29) is 11.9 Å². The summed E-state index contributed by atoms with van der Waals surface area (Å²) in [4.78, 5) is 4.98. The highest BCUT2D eigenvalue weighted by atomic mass is 32.2. The molecule has 0 radical (unpaired) electrons. The van der Waals surface area contributed by atoms with E-state index in [1.54, 1.807) is 12.1 Å². The number of sulfone groups is 1. The molecule has 1 aromatic carbocycles. The van der Waals surface area contributed by atoms with Crippen molar-refractivity contribution in [3.8, 4) is 0 Å². The monoisotopic (exact) mass is 406 g/mol. The van der Waals surface area contributed by atoms with Crippen molar-refractivity contribution in [2.75, 3.05) is 33.2 Å². The summed E-state index contributed by atoms with van der Waals surface area (Å²) >= 11 is 0. The first-order valence-corrected chi connectivity index (χ1v) is 11.5. The number of benzene rings is 1. The van der Waals surface area contributed by atoms with E-state index < -0.39 is 9.84 Å². The predicted octanol–water partition coefficient (Wildman–Crippen LogP) is 1.89. The fourth-order valence-electron chi connectivity index (χ4n) is 3.53. The molecule has 0 saturated carbocycles. The van der Waals surface area contributed by atoms with Gasteiger partial charge in [-0.1, -0.05) is 37.5 Å². The van der Waals surface area contributed by atoms with Gasteiger partial charge in [0, 0.05) is 26.2 Å². The van der Waals surface area contributed by atoms with E-state index in [2.05, 4.69) is 39.3 Å². The number of likely N-dealkylation sites (N-methyl/N-ethyl adjacent to an activating group) is 1. The summed E-state index contributed by atoms with van der Waals surface area (Å²) in [6.07, 6.45) is 3.05. The average Bonchev–Trinajstić information content (AvgIpc) is 3.11. The van der Waals surface area contributed by atoms with Crippen LogP contribution in [0.15, 0.2) is 29.2 Å². The Bertz CT molecular complexity index is 857. The number of rotatable bonds is 8. The van der Waals surface area contributed by atoms with Crippen LogP contribution in [0.2, 0.25) is 0 Å². The van der Waals surface area contributed by atoms with Crippen LogP contribution in [0.25, 0.3) is 0 Å². The van der Waals surface area contributed by atoms with Gasteiger partial charge in [0.25, 0.3) is 0 Å². The van der Waals surface area contributed by atoms with Gasteiger partial charge in [-0.05, 0) is 43.0 Å². The lowest BCUT2D eigenvalue weighted by Crippen LogP contribution is -2.46. The fourth-order valence-corrected chi connectivity index (χ4v) is 4.74. The number of piperazine rings is 1. The van der Waals surface area contributed by atoms with E-state index in [0.717, 1.165) is 51.0 Å². The van der Waals surface area contributed by atoms with Crippen molar-refractivity contribution in [2.45, 2.75) is 49.9 Å². The Morgan fingerprint density at radius 3 is 2.43 bits per heavy atom. The molecule has 0 N–H and O–H groups in total. The van der Waals surface area contributed by atoms with E-state index in [0.29, 0.717) is 10.7 Å². The second-order valence-corrected chi connectivity index (χ2v) is 9.55. The molecule has 0 amide bonds. The minimum Gasteiger partial charge on any atom is -0.304 e. The fraction of sp³-hybridized carbons (Fsp3) is 0.632. The Kier molecular flexibility index (Phi) is 6.79. The van der Waals surface area contributed by atoms with E-state index in [1.807, 2.05) is 19.1 Å². The molecule has 0 spiro atoms. The van der Waals surface area contributed by atoms with Gasteiger partial charge in [-0.2, -0.15) is 0 Å². The molecule has 2 heterocycles.